The maximum atomic E-state index is 11.3. The molecular formula is C18H16N2O2S2. The maximum absolute atomic E-state index is 11.3. The highest BCUT2D eigenvalue weighted by Crippen LogP contribution is 2.32. The Bertz CT molecular complexity index is 1010. The van der Waals surface area contributed by atoms with Gasteiger partial charge in [0.2, 0.25) is 10.0 Å². The summed E-state index contributed by atoms with van der Waals surface area (Å²) in [4.78, 5) is 4.82. The quantitative estimate of drug-likeness (QED) is 0.779. The summed E-state index contributed by atoms with van der Waals surface area (Å²) in [6, 6.07) is 13.1. The predicted octanol–water partition coefficient (Wildman–Crippen LogP) is 3.61. The van der Waals surface area contributed by atoms with Gasteiger partial charge in [-0.1, -0.05) is 24.3 Å². The number of benzene rings is 2. The van der Waals surface area contributed by atoms with Crippen LogP contribution in [-0.4, -0.2) is 13.4 Å². The molecule has 0 amide bonds. The first-order valence-electron chi connectivity index (χ1n) is 7.72. The maximum Gasteiger partial charge on any atom is 0.238 e. The minimum atomic E-state index is -3.66. The van der Waals surface area contributed by atoms with Gasteiger partial charge in [0.1, 0.15) is 5.01 Å². The second-order valence-electron chi connectivity index (χ2n) is 5.94. The van der Waals surface area contributed by atoms with Gasteiger partial charge in [-0.25, -0.2) is 18.5 Å². The van der Waals surface area contributed by atoms with Crippen LogP contribution >= 0.6 is 11.3 Å². The van der Waals surface area contributed by atoms with Crippen LogP contribution in [0.25, 0.3) is 21.8 Å². The third-order valence-electron chi connectivity index (χ3n) is 4.33. The fraction of sp³-hybridized carbons (Fsp3) is 0.167. The van der Waals surface area contributed by atoms with Crippen molar-refractivity contribution in [2.75, 3.05) is 0 Å². The van der Waals surface area contributed by atoms with E-state index in [0.717, 1.165) is 28.2 Å². The standard InChI is InChI=1S/C18H16N2O2S2/c19-24(21,22)16-8-6-13(7-9-16)18-20-17(11-23-18)15-5-4-12-2-1-3-14(12)10-15/h4-11H,1-3H2,(H2,19,21,22). The first-order chi connectivity index (χ1) is 11.5. The zero-order valence-electron chi connectivity index (χ0n) is 12.9. The number of primary sulfonamides is 1. The number of aryl methyl sites for hydroxylation is 2. The van der Waals surface area contributed by atoms with Crippen LogP contribution in [0.4, 0.5) is 0 Å². The minimum absolute atomic E-state index is 0.113. The molecule has 0 bridgehead atoms. The molecule has 0 spiro atoms. The first-order valence-corrected chi connectivity index (χ1v) is 10.1. The van der Waals surface area contributed by atoms with Gasteiger partial charge in [-0.3, -0.25) is 0 Å². The molecular weight excluding hydrogens is 340 g/mol. The fourth-order valence-corrected chi connectivity index (χ4v) is 4.41. The predicted molar refractivity (Wildman–Crippen MR) is 96.4 cm³/mol. The Morgan fingerprint density at radius 3 is 2.42 bits per heavy atom. The summed E-state index contributed by atoms with van der Waals surface area (Å²) in [6.07, 6.45) is 3.56. The van der Waals surface area contributed by atoms with Crippen molar-refractivity contribution in [1.29, 1.82) is 0 Å². The zero-order chi connectivity index (χ0) is 16.7. The largest absolute Gasteiger partial charge is 0.238 e. The molecule has 0 fully saturated rings. The van der Waals surface area contributed by atoms with E-state index in [1.165, 1.54) is 36.1 Å². The van der Waals surface area contributed by atoms with Crippen molar-refractivity contribution in [2.24, 2.45) is 5.14 Å². The number of rotatable bonds is 3. The normalized spacial score (nSPS) is 13.9. The number of fused-ring (bicyclic) bond motifs is 1. The molecule has 6 heteroatoms. The average molecular weight is 356 g/mol. The number of hydrogen-bond donors (Lipinski definition) is 1. The Labute approximate surface area is 145 Å². The van der Waals surface area contributed by atoms with Crippen LogP contribution in [0.3, 0.4) is 0 Å². The molecule has 4 nitrogen and oxygen atoms in total. The summed E-state index contributed by atoms with van der Waals surface area (Å²) in [5.74, 6) is 0. The van der Waals surface area contributed by atoms with Crippen molar-refractivity contribution >= 4 is 21.4 Å². The number of thiazole rings is 1. The molecule has 2 N–H and O–H groups in total. The van der Waals surface area contributed by atoms with Crippen LogP contribution < -0.4 is 5.14 Å². The average Bonchev–Trinajstić information content (AvgIpc) is 3.22. The Kier molecular flexibility index (Phi) is 3.75. The van der Waals surface area contributed by atoms with Gasteiger partial charge in [0.15, 0.2) is 0 Å². The van der Waals surface area contributed by atoms with Crippen LogP contribution in [0.5, 0.6) is 0 Å². The van der Waals surface area contributed by atoms with Gasteiger partial charge in [-0.05, 0) is 48.6 Å². The highest BCUT2D eigenvalue weighted by molar-refractivity contribution is 7.89. The summed E-state index contributed by atoms with van der Waals surface area (Å²) < 4.78 is 22.7. The van der Waals surface area contributed by atoms with Crippen LogP contribution in [0.1, 0.15) is 17.5 Å². The van der Waals surface area contributed by atoms with E-state index in [9.17, 15) is 8.42 Å². The van der Waals surface area contributed by atoms with Crippen LogP contribution in [0, 0.1) is 0 Å². The lowest BCUT2D eigenvalue weighted by Crippen LogP contribution is -2.11. The van der Waals surface area contributed by atoms with Gasteiger partial charge in [0.25, 0.3) is 0 Å². The van der Waals surface area contributed by atoms with E-state index in [4.69, 9.17) is 10.1 Å². The molecule has 0 atom stereocenters. The van der Waals surface area contributed by atoms with E-state index in [0.29, 0.717) is 0 Å². The highest BCUT2D eigenvalue weighted by Gasteiger charge is 2.14. The topological polar surface area (TPSA) is 73.1 Å². The summed E-state index contributed by atoms with van der Waals surface area (Å²) >= 11 is 1.55. The fourth-order valence-electron chi connectivity index (χ4n) is 3.06. The zero-order valence-corrected chi connectivity index (χ0v) is 14.5. The lowest BCUT2D eigenvalue weighted by atomic mass is 10.1. The molecule has 24 heavy (non-hydrogen) atoms. The second-order valence-corrected chi connectivity index (χ2v) is 8.36. The molecule has 0 unspecified atom stereocenters. The Hall–Kier alpha value is -2.02. The molecule has 0 radical (unpaired) electrons. The molecule has 1 aliphatic carbocycles. The van der Waals surface area contributed by atoms with Gasteiger partial charge < -0.3 is 0 Å². The Morgan fingerprint density at radius 2 is 1.67 bits per heavy atom. The van der Waals surface area contributed by atoms with Gasteiger partial charge in [0.05, 0.1) is 10.6 Å². The van der Waals surface area contributed by atoms with E-state index in [1.807, 2.05) is 5.38 Å². The third kappa shape index (κ3) is 2.88. The van der Waals surface area contributed by atoms with E-state index >= 15 is 0 Å². The van der Waals surface area contributed by atoms with Crippen molar-refractivity contribution in [2.45, 2.75) is 24.2 Å². The van der Waals surface area contributed by atoms with Crippen LogP contribution in [0.2, 0.25) is 0 Å². The number of nitrogens with two attached hydrogens (primary N) is 1. The molecule has 1 aliphatic rings. The molecule has 1 heterocycles. The summed E-state index contributed by atoms with van der Waals surface area (Å²) in [7, 11) is -3.66. The van der Waals surface area contributed by atoms with Gasteiger partial charge in [-0.15, -0.1) is 11.3 Å². The lowest BCUT2D eigenvalue weighted by molar-refractivity contribution is 0.598. The Morgan fingerprint density at radius 1 is 0.958 bits per heavy atom. The number of hydrogen-bond acceptors (Lipinski definition) is 4. The number of sulfonamides is 1. The van der Waals surface area contributed by atoms with Gasteiger partial charge in [0, 0.05) is 16.5 Å². The van der Waals surface area contributed by atoms with E-state index < -0.39 is 10.0 Å². The molecule has 3 aromatic rings. The van der Waals surface area contributed by atoms with Crippen molar-refractivity contribution in [3.8, 4) is 21.8 Å². The molecule has 0 saturated heterocycles. The van der Waals surface area contributed by atoms with Crippen LogP contribution in [-0.2, 0) is 22.9 Å². The molecule has 1 aromatic heterocycles. The summed E-state index contributed by atoms with van der Waals surface area (Å²) in [5.41, 5.74) is 5.87. The monoisotopic (exact) mass is 356 g/mol. The molecule has 4 rings (SSSR count). The lowest BCUT2D eigenvalue weighted by Gasteiger charge is -2.02. The molecule has 0 saturated carbocycles. The van der Waals surface area contributed by atoms with E-state index in [1.54, 1.807) is 23.5 Å². The SMILES string of the molecule is NS(=O)(=O)c1ccc(-c2nc(-c3ccc4c(c3)CCC4)cs2)cc1. The number of nitrogens with zero attached hydrogens (tertiary/aromatic N) is 1. The Balaban J connectivity index is 1.65. The first kappa shape index (κ1) is 15.5. The smallest absolute Gasteiger partial charge is 0.236 e. The van der Waals surface area contributed by atoms with Crippen molar-refractivity contribution in [3.05, 3.63) is 59.0 Å². The van der Waals surface area contributed by atoms with Crippen molar-refractivity contribution in [1.82, 2.24) is 4.98 Å². The van der Waals surface area contributed by atoms with Gasteiger partial charge in [-0.2, -0.15) is 0 Å². The molecule has 0 aliphatic heterocycles. The third-order valence-corrected chi connectivity index (χ3v) is 6.15. The van der Waals surface area contributed by atoms with Gasteiger partial charge >= 0.3 is 0 Å². The second kappa shape index (κ2) is 5.81. The van der Waals surface area contributed by atoms with E-state index in [-0.39, 0.29) is 4.90 Å². The summed E-state index contributed by atoms with van der Waals surface area (Å²) in [5, 5.41) is 8.04. The van der Waals surface area contributed by atoms with E-state index in [2.05, 4.69) is 18.2 Å². The summed E-state index contributed by atoms with van der Waals surface area (Å²) in [6.45, 7) is 0. The molecule has 122 valence electrons. The number of aromatic nitrogens is 1. The molecule has 2 aromatic carbocycles. The minimum Gasteiger partial charge on any atom is -0.236 e. The van der Waals surface area contributed by atoms with Crippen LogP contribution in [0.15, 0.2) is 52.7 Å². The highest BCUT2D eigenvalue weighted by atomic mass is 32.2. The van der Waals surface area contributed by atoms with Crippen molar-refractivity contribution in [3.63, 3.8) is 0 Å². The van der Waals surface area contributed by atoms with Crippen molar-refractivity contribution < 1.29 is 8.42 Å².